The summed E-state index contributed by atoms with van der Waals surface area (Å²) in [5.74, 6) is 0.0155. The van der Waals surface area contributed by atoms with E-state index in [0.29, 0.717) is 47.8 Å². The molecule has 4 heterocycles. The van der Waals surface area contributed by atoms with E-state index in [-0.39, 0.29) is 11.2 Å². The minimum absolute atomic E-state index is 0.114. The van der Waals surface area contributed by atoms with Gasteiger partial charge in [0.1, 0.15) is 18.5 Å². The van der Waals surface area contributed by atoms with Gasteiger partial charge < -0.3 is 30.9 Å². The number of nitrogens with zero attached hydrogens (tertiary/aromatic N) is 7. The van der Waals surface area contributed by atoms with Crippen LogP contribution in [0.4, 0.5) is 17.2 Å². The number of imidazole rings is 1. The maximum Gasteiger partial charge on any atom is 0.300 e. The number of rotatable bonds is 13. The molecule has 1 amide bonds. The van der Waals surface area contributed by atoms with E-state index in [1.54, 1.807) is 13.0 Å². The lowest BCUT2D eigenvalue weighted by Crippen LogP contribution is -2.42. The molecule has 4 atom stereocenters. The molecule has 0 saturated carbocycles. The van der Waals surface area contributed by atoms with Crippen molar-refractivity contribution in [2.24, 2.45) is 0 Å². The standard InChI is InChI=1S/C24H30N10O7/c1-2-25-23(37)20-18(35)19(36)24(40-20)33-12-30-17-21(28-11-29-22(17)33)27-10-6-4-3-5-9-26-13-7-8-14(34(38)39)16-15(13)31-41-32-16/h7-8,11-12,18-20,24,26,35-36H,2-6,9-10H2,1H3,(H,25,37)(H,27,28,29)/t18-,19+,20-,24?/m0/s1. The van der Waals surface area contributed by atoms with Gasteiger partial charge in [-0.25, -0.2) is 19.6 Å². The Balaban J connectivity index is 1.09. The summed E-state index contributed by atoms with van der Waals surface area (Å²) in [6.07, 6.45) is 1.44. The number of carbonyl (C=O) groups is 1. The number of aromatic nitrogens is 6. The van der Waals surface area contributed by atoms with Gasteiger partial charge in [-0.15, -0.1) is 0 Å². The number of non-ortho nitro benzene ring substituents is 1. The highest BCUT2D eigenvalue weighted by molar-refractivity contribution is 5.93. The van der Waals surface area contributed by atoms with E-state index in [9.17, 15) is 25.1 Å². The zero-order valence-electron chi connectivity index (χ0n) is 22.1. The molecule has 0 aliphatic carbocycles. The molecule has 41 heavy (non-hydrogen) atoms. The van der Waals surface area contributed by atoms with Gasteiger partial charge in [0, 0.05) is 25.7 Å². The van der Waals surface area contributed by atoms with E-state index < -0.39 is 35.4 Å². The molecule has 17 heteroatoms. The normalized spacial score (nSPS) is 20.5. The van der Waals surface area contributed by atoms with Crippen LogP contribution in [0.15, 0.2) is 29.4 Å². The SMILES string of the molecule is CCNC(=O)[C@H]1OC(n2cnc3c(NCCCCCCNc4ccc([N+](=O)[O-])c5nonc45)ncnc32)[C@H](O)[C@@H]1O. The Kier molecular flexibility index (Phi) is 8.46. The van der Waals surface area contributed by atoms with E-state index >= 15 is 0 Å². The van der Waals surface area contributed by atoms with Crippen LogP contribution in [0.5, 0.6) is 0 Å². The van der Waals surface area contributed by atoms with Gasteiger partial charge in [0.15, 0.2) is 34.8 Å². The predicted octanol–water partition coefficient (Wildman–Crippen LogP) is 1.11. The first-order valence-electron chi connectivity index (χ1n) is 13.2. The van der Waals surface area contributed by atoms with Crippen molar-refractivity contribution in [2.75, 3.05) is 30.3 Å². The zero-order chi connectivity index (χ0) is 28.9. The number of likely N-dealkylation sites (N-methyl/N-ethyl adjacent to an activating group) is 1. The summed E-state index contributed by atoms with van der Waals surface area (Å²) in [7, 11) is 0. The second kappa shape index (κ2) is 12.4. The van der Waals surface area contributed by atoms with Crippen molar-refractivity contribution < 1.29 is 29.3 Å². The number of nitro benzene ring substituents is 1. The first-order valence-corrected chi connectivity index (χ1v) is 13.2. The highest BCUT2D eigenvalue weighted by Gasteiger charge is 2.47. The fraction of sp³-hybridized carbons (Fsp3) is 0.500. The first-order chi connectivity index (χ1) is 19.9. The number of nitrogens with one attached hydrogen (secondary N) is 3. The van der Waals surface area contributed by atoms with Crippen molar-refractivity contribution in [3.8, 4) is 0 Å². The molecule has 17 nitrogen and oxygen atoms in total. The van der Waals surface area contributed by atoms with Crippen LogP contribution >= 0.6 is 0 Å². The number of hydrogen-bond donors (Lipinski definition) is 5. The maximum atomic E-state index is 12.2. The second-order valence-corrected chi connectivity index (χ2v) is 9.49. The van der Waals surface area contributed by atoms with Gasteiger partial charge in [0.05, 0.1) is 16.9 Å². The number of benzene rings is 1. The van der Waals surface area contributed by atoms with Crippen LogP contribution in [0.3, 0.4) is 0 Å². The maximum absolute atomic E-state index is 12.2. The third-order valence-corrected chi connectivity index (χ3v) is 6.78. The molecule has 0 bridgehead atoms. The van der Waals surface area contributed by atoms with Crippen molar-refractivity contribution in [2.45, 2.75) is 57.1 Å². The smallest absolute Gasteiger partial charge is 0.300 e. The number of aliphatic hydroxyl groups excluding tert-OH is 2. The van der Waals surface area contributed by atoms with Gasteiger partial charge in [0.2, 0.25) is 5.52 Å². The zero-order valence-corrected chi connectivity index (χ0v) is 22.1. The first kappa shape index (κ1) is 28.1. The van der Waals surface area contributed by atoms with Crippen molar-refractivity contribution >= 4 is 45.3 Å². The van der Waals surface area contributed by atoms with E-state index in [1.807, 2.05) is 0 Å². The molecule has 0 radical (unpaired) electrons. The summed E-state index contributed by atoms with van der Waals surface area (Å²) in [4.78, 5) is 35.7. The number of anilines is 2. The Morgan fingerprint density at radius 3 is 2.54 bits per heavy atom. The topological polar surface area (TPSA) is 229 Å². The lowest BCUT2D eigenvalue weighted by Gasteiger charge is -2.16. The van der Waals surface area contributed by atoms with E-state index in [1.165, 1.54) is 23.3 Å². The van der Waals surface area contributed by atoms with Crippen LogP contribution in [-0.4, -0.2) is 88.8 Å². The number of fused-ring (bicyclic) bond motifs is 2. The number of ether oxygens (including phenoxy) is 1. The van der Waals surface area contributed by atoms with Gasteiger partial charge in [-0.05, 0) is 36.1 Å². The molecule has 3 aromatic heterocycles. The summed E-state index contributed by atoms with van der Waals surface area (Å²) in [5, 5.41) is 48.5. The molecule has 1 aromatic carbocycles. The highest BCUT2D eigenvalue weighted by Crippen LogP contribution is 2.32. The summed E-state index contributed by atoms with van der Waals surface area (Å²) in [5.41, 5.74) is 1.78. The molecule has 1 saturated heterocycles. The Morgan fingerprint density at radius 1 is 1.02 bits per heavy atom. The van der Waals surface area contributed by atoms with Crippen molar-refractivity contribution in [3.05, 3.63) is 34.9 Å². The largest absolute Gasteiger partial charge is 0.387 e. The van der Waals surface area contributed by atoms with Gasteiger partial charge in [-0.3, -0.25) is 19.5 Å². The van der Waals surface area contributed by atoms with Crippen molar-refractivity contribution in [3.63, 3.8) is 0 Å². The van der Waals surface area contributed by atoms with E-state index in [2.05, 4.69) is 45.8 Å². The molecule has 1 fully saturated rings. The summed E-state index contributed by atoms with van der Waals surface area (Å²) < 4.78 is 11.8. The van der Waals surface area contributed by atoms with Crippen LogP contribution in [-0.2, 0) is 9.53 Å². The van der Waals surface area contributed by atoms with Crippen LogP contribution in [0.2, 0.25) is 0 Å². The molecular formula is C24H30N10O7. The van der Waals surface area contributed by atoms with Crippen LogP contribution in [0, 0.1) is 10.1 Å². The monoisotopic (exact) mass is 570 g/mol. The molecule has 1 aliphatic heterocycles. The molecule has 5 N–H and O–H groups in total. The second-order valence-electron chi connectivity index (χ2n) is 9.49. The van der Waals surface area contributed by atoms with Gasteiger partial charge in [0.25, 0.3) is 5.91 Å². The molecule has 5 rings (SSSR count). The predicted molar refractivity (Wildman–Crippen MR) is 144 cm³/mol. The van der Waals surface area contributed by atoms with Gasteiger partial charge in [-0.1, -0.05) is 12.8 Å². The summed E-state index contributed by atoms with van der Waals surface area (Å²) >= 11 is 0. The van der Waals surface area contributed by atoms with Crippen molar-refractivity contribution in [1.29, 1.82) is 0 Å². The fourth-order valence-corrected chi connectivity index (χ4v) is 4.73. The lowest BCUT2D eigenvalue weighted by molar-refractivity contribution is -0.383. The number of carbonyl (C=O) groups excluding carboxylic acids is 1. The summed E-state index contributed by atoms with van der Waals surface area (Å²) in [6.45, 7) is 3.41. The molecular weight excluding hydrogens is 540 g/mol. The number of hydrogen-bond acceptors (Lipinski definition) is 14. The number of unbranched alkanes of at least 4 members (excludes halogenated alkanes) is 3. The third-order valence-electron chi connectivity index (χ3n) is 6.78. The van der Waals surface area contributed by atoms with Crippen LogP contribution in [0.25, 0.3) is 22.2 Å². The number of amides is 1. The Hall–Kier alpha value is -4.48. The Labute approximate surface area is 232 Å². The van der Waals surface area contributed by atoms with Crippen LogP contribution < -0.4 is 16.0 Å². The molecule has 218 valence electrons. The Morgan fingerprint density at radius 2 is 1.78 bits per heavy atom. The quantitative estimate of drug-likeness (QED) is 0.0861. The average molecular weight is 571 g/mol. The molecule has 4 aromatic rings. The van der Waals surface area contributed by atoms with Gasteiger partial charge in [-0.2, -0.15) is 0 Å². The lowest BCUT2D eigenvalue weighted by atomic mass is 10.1. The molecule has 0 spiro atoms. The third kappa shape index (κ3) is 5.72. The molecule has 1 aliphatic rings. The average Bonchev–Trinajstić information content (AvgIpc) is 3.69. The van der Waals surface area contributed by atoms with Crippen molar-refractivity contribution in [1.82, 2.24) is 35.1 Å². The minimum atomic E-state index is -1.40. The fourth-order valence-electron chi connectivity index (χ4n) is 4.73. The number of aliphatic hydroxyl groups is 2. The number of nitro groups is 1. The minimum Gasteiger partial charge on any atom is -0.387 e. The van der Waals surface area contributed by atoms with E-state index in [4.69, 9.17) is 4.74 Å². The Bertz CT molecular complexity index is 1530. The van der Waals surface area contributed by atoms with Gasteiger partial charge >= 0.3 is 5.69 Å². The molecule has 1 unspecified atom stereocenters. The van der Waals surface area contributed by atoms with E-state index in [0.717, 1.165) is 25.7 Å². The highest BCUT2D eigenvalue weighted by atomic mass is 16.6. The van der Waals surface area contributed by atoms with Crippen LogP contribution in [0.1, 0.15) is 38.8 Å². The summed E-state index contributed by atoms with van der Waals surface area (Å²) in [6, 6.07) is 2.98.